The number of nitrogen functional groups attached to an aromatic ring is 1. The zero-order valence-electron chi connectivity index (χ0n) is 8.51. The van der Waals surface area contributed by atoms with Gasteiger partial charge in [-0.1, -0.05) is 12.0 Å². The first-order chi connectivity index (χ1) is 7.78. The van der Waals surface area contributed by atoms with Gasteiger partial charge in [0, 0.05) is 17.4 Å². The molecule has 0 spiro atoms. The summed E-state index contributed by atoms with van der Waals surface area (Å²) in [7, 11) is 0. The number of hydrogen-bond acceptors (Lipinski definition) is 4. The molecular weight excluding hydrogens is 200 g/mol. The average Bonchev–Trinajstić information content (AvgIpc) is 2.29. The molecule has 1 aromatic carbocycles. The van der Waals surface area contributed by atoms with E-state index in [1.165, 1.54) is 0 Å². The van der Waals surface area contributed by atoms with Gasteiger partial charge in [-0.25, -0.2) is 4.98 Å². The molecule has 0 saturated carbocycles. The molecule has 0 saturated heterocycles. The van der Waals surface area contributed by atoms with Gasteiger partial charge >= 0.3 is 0 Å². The molecule has 2 rings (SSSR count). The summed E-state index contributed by atoms with van der Waals surface area (Å²) in [5.74, 6) is 3.44. The second-order valence-electron chi connectivity index (χ2n) is 3.15. The lowest BCUT2D eigenvalue weighted by Crippen LogP contribution is -1.98. The maximum atomic E-state index is 5.47. The molecule has 0 bridgehead atoms. The fraction of sp³-hybridized carbons (Fsp3) is 0. The van der Waals surface area contributed by atoms with Gasteiger partial charge in [0.05, 0.1) is 0 Å². The molecule has 0 unspecified atom stereocenters. The van der Waals surface area contributed by atoms with E-state index in [2.05, 4.69) is 21.2 Å². The van der Waals surface area contributed by atoms with Crippen LogP contribution in [0.25, 0.3) is 0 Å². The van der Waals surface area contributed by atoms with E-state index < -0.39 is 0 Å². The topological polar surface area (TPSA) is 63.8 Å². The SMILES string of the molecule is C#Cc1cccc(Nc2ccnc(N)n2)c1. The number of rotatable bonds is 2. The molecule has 4 nitrogen and oxygen atoms in total. The number of nitrogens with two attached hydrogens (primary N) is 1. The van der Waals surface area contributed by atoms with Crippen LogP contribution in [-0.4, -0.2) is 9.97 Å². The third kappa shape index (κ3) is 2.28. The highest BCUT2D eigenvalue weighted by Gasteiger charge is 1.97. The highest BCUT2D eigenvalue weighted by molar-refractivity contribution is 5.59. The van der Waals surface area contributed by atoms with Crippen molar-refractivity contribution in [1.29, 1.82) is 0 Å². The van der Waals surface area contributed by atoms with Crippen molar-refractivity contribution in [1.82, 2.24) is 9.97 Å². The van der Waals surface area contributed by atoms with E-state index in [9.17, 15) is 0 Å². The molecule has 1 aromatic heterocycles. The van der Waals surface area contributed by atoms with Gasteiger partial charge in [-0.3, -0.25) is 0 Å². The Hall–Kier alpha value is -2.54. The maximum absolute atomic E-state index is 5.47. The number of terminal acetylenes is 1. The van der Waals surface area contributed by atoms with E-state index in [0.29, 0.717) is 5.82 Å². The van der Waals surface area contributed by atoms with Crippen molar-refractivity contribution in [3.63, 3.8) is 0 Å². The lowest BCUT2D eigenvalue weighted by Gasteiger charge is -2.05. The number of aromatic nitrogens is 2. The molecule has 16 heavy (non-hydrogen) atoms. The normalized spacial score (nSPS) is 9.44. The third-order valence-corrected chi connectivity index (χ3v) is 1.98. The fourth-order valence-corrected chi connectivity index (χ4v) is 1.28. The minimum absolute atomic E-state index is 0.234. The molecule has 4 heteroatoms. The Labute approximate surface area is 93.5 Å². The quantitative estimate of drug-likeness (QED) is 0.742. The molecule has 78 valence electrons. The largest absolute Gasteiger partial charge is 0.368 e. The van der Waals surface area contributed by atoms with E-state index in [1.54, 1.807) is 12.3 Å². The van der Waals surface area contributed by atoms with Crippen LogP contribution in [0.1, 0.15) is 5.56 Å². The van der Waals surface area contributed by atoms with Crippen LogP contribution in [0.4, 0.5) is 17.5 Å². The minimum Gasteiger partial charge on any atom is -0.368 e. The van der Waals surface area contributed by atoms with Gasteiger partial charge in [0.15, 0.2) is 0 Å². The molecule has 0 atom stereocenters. The Morgan fingerprint density at radius 3 is 2.94 bits per heavy atom. The predicted octanol–water partition coefficient (Wildman–Crippen LogP) is 1.78. The number of nitrogens with one attached hydrogen (secondary N) is 1. The summed E-state index contributed by atoms with van der Waals surface area (Å²) >= 11 is 0. The number of nitrogens with zero attached hydrogens (tertiary/aromatic N) is 2. The summed E-state index contributed by atoms with van der Waals surface area (Å²) < 4.78 is 0. The van der Waals surface area contributed by atoms with Crippen LogP contribution >= 0.6 is 0 Å². The van der Waals surface area contributed by atoms with Crippen molar-refractivity contribution in [2.75, 3.05) is 11.1 Å². The van der Waals surface area contributed by atoms with Gasteiger partial charge in [-0.05, 0) is 24.3 Å². The van der Waals surface area contributed by atoms with Crippen molar-refractivity contribution in [3.8, 4) is 12.3 Å². The Bertz CT molecular complexity index is 543. The molecule has 0 amide bonds. The second kappa shape index (κ2) is 4.32. The van der Waals surface area contributed by atoms with Crippen molar-refractivity contribution in [3.05, 3.63) is 42.1 Å². The second-order valence-corrected chi connectivity index (χ2v) is 3.15. The number of benzene rings is 1. The Morgan fingerprint density at radius 2 is 2.19 bits per heavy atom. The summed E-state index contributed by atoms with van der Waals surface area (Å²) in [5, 5.41) is 3.09. The zero-order chi connectivity index (χ0) is 11.4. The van der Waals surface area contributed by atoms with E-state index in [4.69, 9.17) is 12.2 Å². The van der Waals surface area contributed by atoms with Crippen LogP contribution in [0.5, 0.6) is 0 Å². The van der Waals surface area contributed by atoms with E-state index >= 15 is 0 Å². The van der Waals surface area contributed by atoms with Gasteiger partial charge in [0.2, 0.25) is 5.95 Å². The van der Waals surface area contributed by atoms with Crippen molar-refractivity contribution < 1.29 is 0 Å². The van der Waals surface area contributed by atoms with Gasteiger partial charge < -0.3 is 11.1 Å². The number of hydrogen-bond donors (Lipinski definition) is 2. The summed E-state index contributed by atoms with van der Waals surface area (Å²) in [6.45, 7) is 0. The first-order valence-corrected chi connectivity index (χ1v) is 4.70. The maximum Gasteiger partial charge on any atom is 0.221 e. The monoisotopic (exact) mass is 210 g/mol. The highest BCUT2D eigenvalue weighted by atomic mass is 15.1. The van der Waals surface area contributed by atoms with Crippen LogP contribution < -0.4 is 11.1 Å². The lowest BCUT2D eigenvalue weighted by molar-refractivity contribution is 1.18. The van der Waals surface area contributed by atoms with Crippen molar-refractivity contribution in [2.24, 2.45) is 0 Å². The van der Waals surface area contributed by atoms with Crippen LogP contribution in [0.2, 0.25) is 0 Å². The van der Waals surface area contributed by atoms with Crippen LogP contribution in [0.3, 0.4) is 0 Å². The molecule has 0 aliphatic heterocycles. The Balaban J connectivity index is 2.24. The standard InChI is InChI=1S/C12H10N4/c1-2-9-4-3-5-10(8-9)15-11-6-7-14-12(13)16-11/h1,3-8H,(H3,13,14,15,16). The first kappa shape index (κ1) is 9.99. The lowest BCUT2D eigenvalue weighted by atomic mass is 10.2. The van der Waals surface area contributed by atoms with Gasteiger partial charge in [-0.2, -0.15) is 4.98 Å². The molecule has 2 aromatic rings. The van der Waals surface area contributed by atoms with E-state index in [-0.39, 0.29) is 5.95 Å². The summed E-state index contributed by atoms with van der Waals surface area (Å²) in [6.07, 6.45) is 6.91. The molecule has 1 heterocycles. The minimum atomic E-state index is 0.234. The Morgan fingerprint density at radius 1 is 1.31 bits per heavy atom. The van der Waals surface area contributed by atoms with Crippen molar-refractivity contribution in [2.45, 2.75) is 0 Å². The molecule has 0 radical (unpaired) electrons. The summed E-state index contributed by atoms with van der Waals surface area (Å²) in [5.41, 5.74) is 7.15. The molecule has 0 aliphatic rings. The molecule has 0 aliphatic carbocycles. The predicted molar refractivity (Wildman–Crippen MR) is 64.1 cm³/mol. The average molecular weight is 210 g/mol. The molecule has 0 fully saturated rings. The van der Waals surface area contributed by atoms with E-state index in [0.717, 1.165) is 11.3 Å². The summed E-state index contributed by atoms with van der Waals surface area (Å²) in [4.78, 5) is 7.84. The molecule has 3 N–H and O–H groups in total. The van der Waals surface area contributed by atoms with Crippen LogP contribution in [0, 0.1) is 12.3 Å². The third-order valence-electron chi connectivity index (χ3n) is 1.98. The molecular formula is C12H10N4. The van der Waals surface area contributed by atoms with Gasteiger partial charge in [0.25, 0.3) is 0 Å². The van der Waals surface area contributed by atoms with Crippen molar-refractivity contribution >= 4 is 17.5 Å². The summed E-state index contributed by atoms with van der Waals surface area (Å²) in [6, 6.07) is 9.23. The van der Waals surface area contributed by atoms with Gasteiger partial charge in [0.1, 0.15) is 5.82 Å². The van der Waals surface area contributed by atoms with E-state index in [1.807, 2.05) is 24.3 Å². The highest BCUT2D eigenvalue weighted by Crippen LogP contribution is 2.15. The fourth-order valence-electron chi connectivity index (χ4n) is 1.28. The first-order valence-electron chi connectivity index (χ1n) is 4.70. The number of anilines is 3. The Kier molecular flexibility index (Phi) is 2.70. The van der Waals surface area contributed by atoms with Gasteiger partial charge in [-0.15, -0.1) is 6.42 Å². The zero-order valence-corrected chi connectivity index (χ0v) is 8.51. The van der Waals surface area contributed by atoms with Crippen LogP contribution in [0.15, 0.2) is 36.5 Å². The smallest absolute Gasteiger partial charge is 0.221 e. The van der Waals surface area contributed by atoms with Crippen LogP contribution in [-0.2, 0) is 0 Å².